The summed E-state index contributed by atoms with van der Waals surface area (Å²) in [6.45, 7) is 6.81. The van der Waals surface area contributed by atoms with Gasteiger partial charge in [-0.3, -0.25) is 0 Å². The Kier molecular flexibility index (Phi) is 5.25. The van der Waals surface area contributed by atoms with Gasteiger partial charge >= 0.3 is 0 Å². The number of benzene rings is 1. The lowest BCUT2D eigenvalue weighted by molar-refractivity contribution is 0.365. The summed E-state index contributed by atoms with van der Waals surface area (Å²) in [4.78, 5) is 0. The third kappa shape index (κ3) is 3.84. The minimum Gasteiger partial charge on any atom is -0.316 e. The third-order valence-electron chi connectivity index (χ3n) is 4.27. The second-order valence-electron chi connectivity index (χ2n) is 5.84. The monoisotopic (exact) mass is 245 g/mol. The quantitative estimate of drug-likeness (QED) is 0.748. The predicted octanol–water partition coefficient (Wildman–Crippen LogP) is 3.95. The smallest absolute Gasteiger partial charge is 0.00178 e. The average molecular weight is 245 g/mol. The maximum Gasteiger partial charge on any atom is -0.00178 e. The summed E-state index contributed by atoms with van der Waals surface area (Å²) >= 11 is 0. The SMILES string of the molecule is CCCNCC1CCCC1Cc1ccc(C)cc1. The normalized spacial score (nSPS) is 23.4. The zero-order valence-corrected chi connectivity index (χ0v) is 11.9. The lowest BCUT2D eigenvalue weighted by atomic mass is 9.89. The second kappa shape index (κ2) is 6.94. The number of aryl methyl sites for hydroxylation is 1. The van der Waals surface area contributed by atoms with E-state index in [4.69, 9.17) is 0 Å². The van der Waals surface area contributed by atoms with Crippen molar-refractivity contribution in [3.05, 3.63) is 35.4 Å². The molecule has 1 fully saturated rings. The van der Waals surface area contributed by atoms with Crippen LogP contribution >= 0.6 is 0 Å². The van der Waals surface area contributed by atoms with Gasteiger partial charge in [0.05, 0.1) is 0 Å². The maximum atomic E-state index is 3.60. The minimum absolute atomic E-state index is 0.900. The van der Waals surface area contributed by atoms with Gasteiger partial charge in [-0.15, -0.1) is 0 Å². The average Bonchev–Trinajstić information content (AvgIpc) is 2.80. The lowest BCUT2D eigenvalue weighted by Gasteiger charge is -2.20. The molecule has 0 bridgehead atoms. The van der Waals surface area contributed by atoms with Gasteiger partial charge in [-0.05, 0) is 63.1 Å². The molecule has 0 amide bonds. The van der Waals surface area contributed by atoms with Crippen LogP contribution in [0.1, 0.15) is 43.7 Å². The molecular formula is C17H27N. The molecule has 0 aliphatic heterocycles. The second-order valence-corrected chi connectivity index (χ2v) is 5.84. The summed E-state index contributed by atoms with van der Waals surface area (Å²) < 4.78 is 0. The predicted molar refractivity (Wildman–Crippen MR) is 78.9 cm³/mol. The summed E-state index contributed by atoms with van der Waals surface area (Å²) in [6.07, 6.45) is 6.79. The van der Waals surface area contributed by atoms with Gasteiger partial charge in [0.15, 0.2) is 0 Å². The molecule has 1 aliphatic carbocycles. The van der Waals surface area contributed by atoms with Crippen LogP contribution in [0.15, 0.2) is 24.3 Å². The lowest BCUT2D eigenvalue weighted by Crippen LogP contribution is -2.26. The molecule has 0 saturated heterocycles. The molecule has 1 aromatic rings. The fourth-order valence-electron chi connectivity index (χ4n) is 3.14. The highest BCUT2D eigenvalue weighted by molar-refractivity contribution is 5.21. The first-order valence-corrected chi connectivity index (χ1v) is 7.56. The van der Waals surface area contributed by atoms with Crippen molar-refractivity contribution in [2.24, 2.45) is 11.8 Å². The summed E-state index contributed by atoms with van der Waals surface area (Å²) in [5.41, 5.74) is 2.89. The van der Waals surface area contributed by atoms with Crippen LogP contribution in [0.2, 0.25) is 0 Å². The van der Waals surface area contributed by atoms with Gasteiger partial charge in [-0.2, -0.15) is 0 Å². The fraction of sp³-hybridized carbons (Fsp3) is 0.647. The molecule has 2 atom stereocenters. The molecule has 0 heterocycles. The van der Waals surface area contributed by atoms with Crippen LogP contribution in [0.4, 0.5) is 0 Å². The molecule has 1 aromatic carbocycles. The van der Waals surface area contributed by atoms with Crippen molar-refractivity contribution in [3.8, 4) is 0 Å². The van der Waals surface area contributed by atoms with Crippen molar-refractivity contribution in [1.29, 1.82) is 0 Å². The van der Waals surface area contributed by atoms with E-state index in [2.05, 4.69) is 43.4 Å². The zero-order valence-electron chi connectivity index (χ0n) is 11.9. The fourth-order valence-corrected chi connectivity index (χ4v) is 3.14. The van der Waals surface area contributed by atoms with Crippen molar-refractivity contribution >= 4 is 0 Å². The molecule has 1 aliphatic rings. The van der Waals surface area contributed by atoms with Crippen LogP contribution in [-0.2, 0) is 6.42 Å². The Bertz CT molecular complexity index is 341. The molecule has 18 heavy (non-hydrogen) atoms. The molecule has 2 rings (SSSR count). The molecule has 0 spiro atoms. The van der Waals surface area contributed by atoms with Crippen molar-refractivity contribution in [1.82, 2.24) is 5.32 Å². The molecule has 100 valence electrons. The van der Waals surface area contributed by atoms with Crippen molar-refractivity contribution < 1.29 is 0 Å². The third-order valence-corrected chi connectivity index (χ3v) is 4.27. The molecule has 1 heteroatoms. The first kappa shape index (κ1) is 13.6. The van der Waals surface area contributed by atoms with Crippen LogP contribution in [0.5, 0.6) is 0 Å². The van der Waals surface area contributed by atoms with E-state index in [1.807, 2.05) is 0 Å². The highest BCUT2D eigenvalue weighted by Gasteiger charge is 2.26. The van der Waals surface area contributed by atoms with Crippen LogP contribution in [0.3, 0.4) is 0 Å². The summed E-state index contributed by atoms with van der Waals surface area (Å²) in [5, 5.41) is 3.60. The molecule has 1 N–H and O–H groups in total. The van der Waals surface area contributed by atoms with Gasteiger partial charge in [-0.1, -0.05) is 43.2 Å². The van der Waals surface area contributed by atoms with Crippen molar-refractivity contribution in [3.63, 3.8) is 0 Å². The van der Waals surface area contributed by atoms with E-state index in [1.54, 1.807) is 0 Å². The largest absolute Gasteiger partial charge is 0.316 e. The van der Waals surface area contributed by atoms with Crippen LogP contribution in [-0.4, -0.2) is 13.1 Å². The summed E-state index contributed by atoms with van der Waals surface area (Å²) in [5.74, 6) is 1.80. The van der Waals surface area contributed by atoms with Crippen molar-refractivity contribution in [2.75, 3.05) is 13.1 Å². The Balaban J connectivity index is 1.85. The van der Waals surface area contributed by atoms with E-state index < -0.39 is 0 Å². The van der Waals surface area contributed by atoms with Crippen molar-refractivity contribution in [2.45, 2.75) is 46.0 Å². The Morgan fingerprint density at radius 1 is 1.11 bits per heavy atom. The van der Waals surface area contributed by atoms with Gasteiger partial charge in [0.1, 0.15) is 0 Å². The summed E-state index contributed by atoms with van der Waals surface area (Å²) in [7, 11) is 0. The van der Waals surface area contributed by atoms with Gasteiger partial charge < -0.3 is 5.32 Å². The van der Waals surface area contributed by atoms with E-state index >= 15 is 0 Å². The number of nitrogens with one attached hydrogen (secondary N) is 1. The van der Waals surface area contributed by atoms with Gasteiger partial charge in [-0.25, -0.2) is 0 Å². The highest BCUT2D eigenvalue weighted by atomic mass is 14.9. The van der Waals surface area contributed by atoms with Gasteiger partial charge in [0.25, 0.3) is 0 Å². The van der Waals surface area contributed by atoms with E-state index in [-0.39, 0.29) is 0 Å². The van der Waals surface area contributed by atoms with E-state index in [0.29, 0.717) is 0 Å². The zero-order chi connectivity index (χ0) is 12.8. The topological polar surface area (TPSA) is 12.0 Å². The first-order chi connectivity index (χ1) is 8.79. The molecule has 1 nitrogen and oxygen atoms in total. The highest BCUT2D eigenvalue weighted by Crippen LogP contribution is 2.33. The Morgan fingerprint density at radius 2 is 1.83 bits per heavy atom. The standard InChI is InChI=1S/C17H27N/c1-3-11-18-13-17-6-4-5-16(17)12-15-9-7-14(2)8-10-15/h7-10,16-18H,3-6,11-13H2,1-2H3. The number of hydrogen-bond acceptors (Lipinski definition) is 1. The Hall–Kier alpha value is -0.820. The van der Waals surface area contributed by atoms with Gasteiger partial charge in [0.2, 0.25) is 0 Å². The van der Waals surface area contributed by atoms with Crippen LogP contribution in [0, 0.1) is 18.8 Å². The molecule has 2 unspecified atom stereocenters. The Labute approximate surface area is 112 Å². The van der Waals surface area contributed by atoms with Gasteiger partial charge in [0, 0.05) is 0 Å². The minimum atomic E-state index is 0.900. The van der Waals surface area contributed by atoms with Crippen LogP contribution in [0.25, 0.3) is 0 Å². The summed E-state index contributed by atoms with van der Waals surface area (Å²) in [6, 6.07) is 9.11. The molecule has 1 saturated carbocycles. The molecule has 0 aromatic heterocycles. The molecular weight excluding hydrogens is 218 g/mol. The van der Waals surface area contributed by atoms with E-state index in [9.17, 15) is 0 Å². The molecule has 0 radical (unpaired) electrons. The first-order valence-electron chi connectivity index (χ1n) is 7.56. The maximum absolute atomic E-state index is 3.60. The van der Waals surface area contributed by atoms with E-state index in [1.165, 1.54) is 56.3 Å². The number of hydrogen-bond donors (Lipinski definition) is 1. The van der Waals surface area contributed by atoms with Crippen LogP contribution < -0.4 is 5.32 Å². The number of rotatable bonds is 6. The Morgan fingerprint density at radius 3 is 2.56 bits per heavy atom. The van der Waals surface area contributed by atoms with E-state index in [0.717, 1.165) is 11.8 Å².